The predicted octanol–water partition coefficient (Wildman–Crippen LogP) is 5.42. The van der Waals surface area contributed by atoms with Crippen LogP contribution >= 0.6 is 51.5 Å². The van der Waals surface area contributed by atoms with E-state index in [9.17, 15) is 14.9 Å². The predicted molar refractivity (Wildman–Crippen MR) is 108 cm³/mol. The Balaban J connectivity index is 1.94. The molecule has 0 atom stereocenters. The number of nitrogens with zero attached hydrogens (tertiary/aromatic N) is 2. The fourth-order valence-electron chi connectivity index (χ4n) is 2.19. The quantitative estimate of drug-likeness (QED) is 0.268. The van der Waals surface area contributed by atoms with Crippen LogP contribution in [0, 0.1) is 10.1 Å². The molecule has 0 N–H and O–H groups in total. The van der Waals surface area contributed by atoms with Crippen molar-refractivity contribution < 1.29 is 9.72 Å². The number of nitro benzene ring substituents is 1. The SMILES string of the molecule is O=C1C(=Cc2ccc(Br)c([N+](=O)[O-])c2)SC(=S)N1c1ccc(Cl)cc1. The van der Waals surface area contributed by atoms with Gasteiger partial charge in [0.1, 0.15) is 0 Å². The molecule has 9 heteroatoms. The van der Waals surface area contributed by atoms with Crippen molar-refractivity contribution in [1.29, 1.82) is 0 Å². The molecule has 3 rings (SSSR count). The molecule has 0 unspecified atom stereocenters. The Morgan fingerprint density at radius 2 is 1.92 bits per heavy atom. The third-order valence-electron chi connectivity index (χ3n) is 3.34. The summed E-state index contributed by atoms with van der Waals surface area (Å²) in [6.45, 7) is 0. The molecule has 5 nitrogen and oxygen atoms in total. The molecule has 2 aromatic carbocycles. The van der Waals surface area contributed by atoms with E-state index in [1.807, 2.05) is 0 Å². The van der Waals surface area contributed by atoms with Crippen molar-refractivity contribution in [1.82, 2.24) is 0 Å². The number of amides is 1. The molecule has 0 aliphatic carbocycles. The van der Waals surface area contributed by atoms with Crippen LogP contribution in [-0.4, -0.2) is 15.2 Å². The summed E-state index contributed by atoms with van der Waals surface area (Å²) in [7, 11) is 0. The number of carbonyl (C=O) groups excluding carboxylic acids is 1. The first-order chi connectivity index (χ1) is 11.9. The zero-order valence-corrected chi connectivity index (χ0v) is 16.3. The summed E-state index contributed by atoms with van der Waals surface area (Å²) in [4.78, 5) is 25.0. The lowest BCUT2D eigenvalue weighted by atomic mass is 10.2. The van der Waals surface area contributed by atoms with Crippen molar-refractivity contribution in [2.24, 2.45) is 0 Å². The number of carbonyl (C=O) groups is 1. The molecule has 0 aromatic heterocycles. The number of anilines is 1. The van der Waals surface area contributed by atoms with Gasteiger partial charge in [-0.1, -0.05) is 41.6 Å². The highest BCUT2D eigenvalue weighted by Crippen LogP contribution is 2.37. The maximum Gasteiger partial charge on any atom is 0.284 e. The van der Waals surface area contributed by atoms with Crippen LogP contribution in [0.2, 0.25) is 5.02 Å². The smallest absolute Gasteiger partial charge is 0.268 e. The van der Waals surface area contributed by atoms with Gasteiger partial charge in [-0.05, 0) is 57.9 Å². The standard InChI is InChI=1S/C16H8BrClN2O3S2/c17-12-6-1-9(7-13(12)20(22)23)8-14-15(21)19(16(24)25-14)11-4-2-10(18)3-5-11/h1-8H. The Kier molecular flexibility index (Phi) is 5.24. The van der Waals surface area contributed by atoms with Gasteiger partial charge in [0, 0.05) is 11.1 Å². The molecule has 1 aliphatic heterocycles. The Morgan fingerprint density at radius 3 is 2.56 bits per heavy atom. The summed E-state index contributed by atoms with van der Waals surface area (Å²) in [6.07, 6.45) is 1.59. The van der Waals surface area contributed by atoms with Crippen LogP contribution in [0.3, 0.4) is 0 Å². The molecule has 126 valence electrons. The zero-order chi connectivity index (χ0) is 18.1. The molecule has 0 spiro atoms. The average molecular weight is 456 g/mol. The number of hydrogen-bond acceptors (Lipinski definition) is 5. The van der Waals surface area contributed by atoms with Gasteiger partial charge in [-0.15, -0.1) is 0 Å². The normalized spacial score (nSPS) is 15.9. The van der Waals surface area contributed by atoms with E-state index in [0.717, 1.165) is 11.8 Å². The largest absolute Gasteiger partial charge is 0.284 e. The lowest BCUT2D eigenvalue weighted by Crippen LogP contribution is -2.27. The van der Waals surface area contributed by atoms with E-state index >= 15 is 0 Å². The van der Waals surface area contributed by atoms with Crippen molar-refractivity contribution >= 4 is 79.2 Å². The van der Waals surface area contributed by atoms with E-state index < -0.39 is 4.92 Å². The van der Waals surface area contributed by atoms with Crippen molar-refractivity contribution in [2.45, 2.75) is 0 Å². The van der Waals surface area contributed by atoms with Gasteiger partial charge >= 0.3 is 0 Å². The minimum absolute atomic E-state index is 0.0677. The molecule has 25 heavy (non-hydrogen) atoms. The molecular weight excluding hydrogens is 448 g/mol. The molecular formula is C16H8BrClN2O3S2. The topological polar surface area (TPSA) is 63.4 Å². The first kappa shape index (κ1) is 18.1. The zero-order valence-electron chi connectivity index (χ0n) is 12.3. The van der Waals surface area contributed by atoms with Crippen molar-refractivity contribution in [3.8, 4) is 0 Å². The first-order valence-corrected chi connectivity index (χ1v) is 9.24. The molecule has 0 saturated carbocycles. The number of benzene rings is 2. The van der Waals surface area contributed by atoms with E-state index in [4.69, 9.17) is 23.8 Å². The van der Waals surface area contributed by atoms with Gasteiger partial charge in [0.2, 0.25) is 0 Å². The summed E-state index contributed by atoms with van der Waals surface area (Å²) >= 11 is 15.4. The maximum absolute atomic E-state index is 12.7. The second kappa shape index (κ2) is 7.25. The second-order valence-corrected chi connectivity index (χ2v) is 7.93. The van der Waals surface area contributed by atoms with Crippen LogP contribution in [-0.2, 0) is 4.79 Å². The van der Waals surface area contributed by atoms with E-state index in [-0.39, 0.29) is 11.6 Å². The van der Waals surface area contributed by atoms with E-state index in [0.29, 0.717) is 30.0 Å². The number of thiocarbonyl (C=S) groups is 1. The van der Waals surface area contributed by atoms with E-state index in [1.165, 1.54) is 11.0 Å². The molecule has 1 amide bonds. The third-order valence-corrected chi connectivity index (χ3v) is 5.57. The van der Waals surface area contributed by atoms with Gasteiger partial charge in [0.15, 0.2) is 4.32 Å². The number of nitro groups is 1. The van der Waals surface area contributed by atoms with Gasteiger partial charge < -0.3 is 0 Å². The van der Waals surface area contributed by atoms with E-state index in [2.05, 4.69) is 15.9 Å². The highest BCUT2D eigenvalue weighted by Gasteiger charge is 2.33. The molecule has 0 bridgehead atoms. The summed E-state index contributed by atoms with van der Waals surface area (Å²) in [5.41, 5.74) is 1.10. The van der Waals surface area contributed by atoms with Crippen LogP contribution in [0.5, 0.6) is 0 Å². The highest BCUT2D eigenvalue weighted by molar-refractivity contribution is 9.10. The molecule has 1 saturated heterocycles. The van der Waals surface area contributed by atoms with Crippen molar-refractivity contribution in [3.63, 3.8) is 0 Å². The summed E-state index contributed by atoms with van der Waals surface area (Å²) in [5.74, 6) is -0.275. The van der Waals surface area contributed by atoms with Crippen LogP contribution in [0.25, 0.3) is 6.08 Å². The van der Waals surface area contributed by atoms with Gasteiger partial charge in [0.05, 0.1) is 20.0 Å². The number of hydrogen-bond donors (Lipinski definition) is 0. The fraction of sp³-hybridized carbons (Fsp3) is 0. The third kappa shape index (κ3) is 3.77. The Labute approximate surface area is 165 Å². The number of halogens is 2. The highest BCUT2D eigenvalue weighted by atomic mass is 79.9. The Hall–Kier alpha value is -1.74. The van der Waals surface area contributed by atoms with Crippen LogP contribution in [0.1, 0.15) is 5.56 Å². The summed E-state index contributed by atoms with van der Waals surface area (Å²) in [5, 5.41) is 11.6. The van der Waals surface area contributed by atoms with Gasteiger partial charge in [-0.3, -0.25) is 19.8 Å². The minimum atomic E-state index is -0.486. The average Bonchev–Trinajstić information content (AvgIpc) is 2.84. The lowest BCUT2D eigenvalue weighted by Gasteiger charge is -2.14. The van der Waals surface area contributed by atoms with Gasteiger partial charge in [-0.25, -0.2) is 0 Å². The van der Waals surface area contributed by atoms with Crippen LogP contribution < -0.4 is 4.90 Å². The Morgan fingerprint density at radius 1 is 1.24 bits per heavy atom. The fourth-order valence-corrected chi connectivity index (χ4v) is 4.01. The number of rotatable bonds is 3. The van der Waals surface area contributed by atoms with Gasteiger partial charge in [0.25, 0.3) is 11.6 Å². The molecule has 1 aliphatic rings. The summed E-state index contributed by atoms with van der Waals surface area (Å²) in [6, 6.07) is 11.4. The minimum Gasteiger partial charge on any atom is -0.268 e. The molecule has 1 fully saturated rings. The lowest BCUT2D eigenvalue weighted by molar-refractivity contribution is -0.385. The molecule has 2 aromatic rings. The van der Waals surface area contributed by atoms with Crippen molar-refractivity contribution in [2.75, 3.05) is 4.90 Å². The van der Waals surface area contributed by atoms with Crippen LogP contribution in [0.4, 0.5) is 11.4 Å². The van der Waals surface area contributed by atoms with E-state index in [1.54, 1.807) is 42.5 Å². The summed E-state index contributed by atoms with van der Waals surface area (Å²) < 4.78 is 0.772. The monoisotopic (exact) mass is 454 g/mol. The molecule has 1 heterocycles. The van der Waals surface area contributed by atoms with Crippen LogP contribution in [0.15, 0.2) is 51.8 Å². The van der Waals surface area contributed by atoms with Crippen molar-refractivity contribution in [3.05, 3.63) is 72.5 Å². The maximum atomic E-state index is 12.7. The second-order valence-electron chi connectivity index (χ2n) is 4.96. The first-order valence-electron chi connectivity index (χ1n) is 6.84. The Bertz CT molecular complexity index is 931. The molecule has 0 radical (unpaired) electrons. The van der Waals surface area contributed by atoms with Gasteiger partial charge in [-0.2, -0.15) is 0 Å². The number of thioether (sulfide) groups is 1.